The van der Waals surface area contributed by atoms with E-state index in [0.29, 0.717) is 0 Å². The molecule has 0 aliphatic heterocycles. The van der Waals surface area contributed by atoms with Crippen LogP contribution in [0, 0.1) is 0 Å². The standard InChI is InChI=1S/C54H34N4/c1-4-16-35(17-5-1)43-33-51-52(42-24-11-10-22-40(42)43)45-32-44-41-23-12-15-27-48(41)57(49(44)34-50(45)58(51)38-20-8-3-9-21-38)39-30-28-37(29-31-39)54-53(36-18-6-2-7-19-36)55-46-25-13-14-26-47(46)56-54/h1-34H. The molecule has 58 heavy (non-hydrogen) atoms. The zero-order chi connectivity index (χ0) is 38.2. The van der Waals surface area contributed by atoms with E-state index in [-0.39, 0.29) is 0 Å². The van der Waals surface area contributed by atoms with Crippen molar-refractivity contribution >= 4 is 65.4 Å². The van der Waals surface area contributed by atoms with Crippen LogP contribution in [0.1, 0.15) is 0 Å². The monoisotopic (exact) mass is 738 g/mol. The van der Waals surface area contributed by atoms with Crippen molar-refractivity contribution in [3.8, 4) is 45.0 Å². The summed E-state index contributed by atoms with van der Waals surface area (Å²) in [6.45, 7) is 0. The van der Waals surface area contributed by atoms with Gasteiger partial charge in [0, 0.05) is 44.0 Å². The fourth-order valence-electron chi connectivity index (χ4n) is 9.10. The minimum atomic E-state index is 0.870. The van der Waals surface area contributed by atoms with Gasteiger partial charge in [-0.25, -0.2) is 9.97 Å². The highest BCUT2D eigenvalue weighted by atomic mass is 15.0. The largest absolute Gasteiger partial charge is 0.309 e. The summed E-state index contributed by atoms with van der Waals surface area (Å²) in [6.07, 6.45) is 0. The maximum atomic E-state index is 5.18. The SMILES string of the molecule is c1ccc(-c2nc3ccccc3nc2-c2ccc(-n3c4ccccc4c4cc5c6c7ccccc7c(-c7ccccc7)cc6n(-c6ccccc6)c5cc43)cc2)cc1. The highest BCUT2D eigenvalue weighted by molar-refractivity contribution is 6.27. The van der Waals surface area contributed by atoms with Crippen LogP contribution in [-0.4, -0.2) is 19.1 Å². The van der Waals surface area contributed by atoms with Gasteiger partial charge in [-0.05, 0) is 82.6 Å². The number of aromatic nitrogens is 4. The van der Waals surface area contributed by atoms with Gasteiger partial charge in [0.25, 0.3) is 0 Å². The molecule has 0 N–H and O–H groups in total. The average molecular weight is 739 g/mol. The average Bonchev–Trinajstić information content (AvgIpc) is 3.80. The Hall–Kier alpha value is -7.82. The summed E-state index contributed by atoms with van der Waals surface area (Å²) < 4.78 is 4.87. The lowest BCUT2D eigenvalue weighted by Gasteiger charge is -2.13. The predicted molar refractivity (Wildman–Crippen MR) is 242 cm³/mol. The fourth-order valence-corrected chi connectivity index (χ4v) is 9.10. The molecular formula is C54H34N4. The number of fused-ring (bicyclic) bond motifs is 9. The molecule has 3 heterocycles. The van der Waals surface area contributed by atoms with E-state index in [1.54, 1.807) is 0 Å². The number of hydrogen-bond acceptors (Lipinski definition) is 2. The predicted octanol–water partition coefficient (Wildman–Crippen LogP) is 14.0. The summed E-state index contributed by atoms with van der Waals surface area (Å²) >= 11 is 0. The highest BCUT2D eigenvalue weighted by Crippen LogP contribution is 2.44. The molecule has 0 bridgehead atoms. The number of para-hydroxylation sites is 4. The zero-order valence-corrected chi connectivity index (χ0v) is 31.4. The Morgan fingerprint density at radius 3 is 1.48 bits per heavy atom. The molecule has 0 spiro atoms. The molecule has 0 saturated carbocycles. The number of nitrogens with zero attached hydrogens (tertiary/aromatic N) is 4. The second-order valence-electron chi connectivity index (χ2n) is 15.0. The van der Waals surface area contributed by atoms with Crippen LogP contribution in [-0.2, 0) is 0 Å². The highest BCUT2D eigenvalue weighted by Gasteiger charge is 2.22. The van der Waals surface area contributed by atoms with Crippen molar-refractivity contribution in [1.82, 2.24) is 19.1 Å². The Kier molecular flexibility index (Phi) is 7.20. The Balaban J connectivity index is 1.12. The summed E-state index contributed by atoms with van der Waals surface area (Å²) in [5.74, 6) is 0. The Morgan fingerprint density at radius 1 is 0.293 bits per heavy atom. The Morgan fingerprint density at radius 2 is 0.793 bits per heavy atom. The smallest absolute Gasteiger partial charge is 0.0973 e. The number of benzene rings is 9. The molecule has 0 unspecified atom stereocenters. The molecule has 270 valence electrons. The Bertz CT molecular complexity index is 3530. The van der Waals surface area contributed by atoms with E-state index in [4.69, 9.17) is 9.97 Å². The van der Waals surface area contributed by atoms with Gasteiger partial charge in [-0.15, -0.1) is 0 Å². The fraction of sp³-hybridized carbons (Fsp3) is 0. The van der Waals surface area contributed by atoms with E-state index in [1.165, 1.54) is 60.0 Å². The molecule has 0 saturated heterocycles. The molecule has 0 atom stereocenters. The first-order valence-electron chi connectivity index (χ1n) is 19.8. The number of hydrogen-bond donors (Lipinski definition) is 0. The molecule has 12 rings (SSSR count). The van der Waals surface area contributed by atoms with Crippen molar-refractivity contribution in [1.29, 1.82) is 0 Å². The topological polar surface area (TPSA) is 35.6 Å². The molecule has 12 aromatic rings. The lowest BCUT2D eigenvalue weighted by molar-refractivity contribution is 1.16. The van der Waals surface area contributed by atoms with Crippen molar-refractivity contribution in [2.24, 2.45) is 0 Å². The molecule has 4 nitrogen and oxygen atoms in total. The maximum absolute atomic E-state index is 5.18. The van der Waals surface area contributed by atoms with Crippen LogP contribution in [0.25, 0.3) is 110 Å². The van der Waals surface area contributed by atoms with Crippen molar-refractivity contribution in [3.63, 3.8) is 0 Å². The van der Waals surface area contributed by atoms with E-state index in [0.717, 1.165) is 50.4 Å². The Labute approximate surface area is 334 Å². The lowest BCUT2D eigenvalue weighted by Crippen LogP contribution is -1.97. The molecule has 0 aliphatic rings. The first kappa shape index (κ1) is 32.4. The van der Waals surface area contributed by atoms with Gasteiger partial charge in [0.15, 0.2) is 0 Å². The first-order chi connectivity index (χ1) is 28.8. The van der Waals surface area contributed by atoms with Crippen molar-refractivity contribution < 1.29 is 0 Å². The van der Waals surface area contributed by atoms with Crippen molar-refractivity contribution in [3.05, 3.63) is 206 Å². The van der Waals surface area contributed by atoms with Crippen molar-refractivity contribution in [2.45, 2.75) is 0 Å². The summed E-state index contributed by atoms with van der Waals surface area (Å²) in [6, 6.07) is 73.8. The number of rotatable bonds is 5. The third kappa shape index (κ3) is 4.95. The lowest BCUT2D eigenvalue weighted by atomic mass is 9.94. The van der Waals surface area contributed by atoms with Gasteiger partial charge in [0.2, 0.25) is 0 Å². The van der Waals surface area contributed by atoms with E-state index in [2.05, 4.69) is 185 Å². The molecular weight excluding hydrogens is 705 g/mol. The first-order valence-corrected chi connectivity index (χ1v) is 19.8. The van der Waals surface area contributed by atoms with Crippen LogP contribution < -0.4 is 0 Å². The quantitative estimate of drug-likeness (QED) is 0.176. The third-order valence-corrected chi connectivity index (χ3v) is 11.7. The second kappa shape index (κ2) is 12.9. The maximum Gasteiger partial charge on any atom is 0.0973 e. The summed E-state index contributed by atoms with van der Waals surface area (Å²) in [7, 11) is 0. The van der Waals surface area contributed by atoms with Crippen LogP contribution in [0.15, 0.2) is 206 Å². The minimum Gasteiger partial charge on any atom is -0.309 e. The van der Waals surface area contributed by atoms with Gasteiger partial charge < -0.3 is 9.13 Å². The molecule has 0 fully saturated rings. The van der Waals surface area contributed by atoms with Crippen LogP contribution >= 0.6 is 0 Å². The van der Waals surface area contributed by atoms with Gasteiger partial charge in [-0.1, -0.05) is 146 Å². The minimum absolute atomic E-state index is 0.870. The molecule has 3 aromatic heterocycles. The van der Waals surface area contributed by atoms with Crippen LogP contribution in [0.4, 0.5) is 0 Å². The van der Waals surface area contributed by atoms with Gasteiger partial charge in [0.1, 0.15) is 0 Å². The van der Waals surface area contributed by atoms with Crippen molar-refractivity contribution in [2.75, 3.05) is 0 Å². The molecule has 0 radical (unpaired) electrons. The summed E-state index contributed by atoms with van der Waals surface area (Å²) in [5, 5.41) is 7.46. The van der Waals surface area contributed by atoms with E-state index < -0.39 is 0 Å². The van der Waals surface area contributed by atoms with Gasteiger partial charge in [-0.2, -0.15) is 0 Å². The molecule has 0 amide bonds. The molecule has 4 heteroatoms. The van der Waals surface area contributed by atoms with Crippen LogP contribution in [0.3, 0.4) is 0 Å². The van der Waals surface area contributed by atoms with E-state index in [1.807, 2.05) is 30.3 Å². The van der Waals surface area contributed by atoms with Gasteiger partial charge in [0.05, 0.1) is 44.5 Å². The summed E-state index contributed by atoms with van der Waals surface area (Å²) in [4.78, 5) is 10.3. The third-order valence-electron chi connectivity index (χ3n) is 11.7. The van der Waals surface area contributed by atoms with E-state index in [9.17, 15) is 0 Å². The second-order valence-corrected chi connectivity index (χ2v) is 15.0. The van der Waals surface area contributed by atoms with Gasteiger partial charge in [-0.3, -0.25) is 0 Å². The normalized spacial score (nSPS) is 11.8. The van der Waals surface area contributed by atoms with Crippen LogP contribution in [0.2, 0.25) is 0 Å². The molecule has 9 aromatic carbocycles. The van der Waals surface area contributed by atoms with E-state index >= 15 is 0 Å². The summed E-state index contributed by atoms with van der Waals surface area (Å²) in [5.41, 5.74) is 14.9. The zero-order valence-electron chi connectivity index (χ0n) is 31.4. The molecule has 0 aliphatic carbocycles. The van der Waals surface area contributed by atoms with Crippen LogP contribution in [0.5, 0.6) is 0 Å². The van der Waals surface area contributed by atoms with Gasteiger partial charge >= 0.3 is 0 Å².